The predicted octanol–water partition coefficient (Wildman–Crippen LogP) is 2.04. The number of rotatable bonds is 3. The highest BCUT2D eigenvalue weighted by atomic mass is 16.5. The number of aliphatic hydroxyl groups is 1. The average Bonchev–Trinajstić information content (AvgIpc) is 2.32. The van der Waals surface area contributed by atoms with Gasteiger partial charge >= 0.3 is 0 Å². The lowest BCUT2D eigenvalue weighted by molar-refractivity contribution is -0.0736. The van der Waals surface area contributed by atoms with Gasteiger partial charge in [-0.3, -0.25) is 4.90 Å². The Hall–Kier alpha value is -0.120. The molecular formula is C14H27NO2. The minimum absolute atomic E-state index is 0.117. The van der Waals surface area contributed by atoms with Gasteiger partial charge in [0.25, 0.3) is 0 Å². The van der Waals surface area contributed by atoms with Crippen LogP contribution in [-0.4, -0.2) is 48.0 Å². The molecular weight excluding hydrogens is 214 g/mol. The molecule has 0 aromatic rings. The van der Waals surface area contributed by atoms with Gasteiger partial charge < -0.3 is 9.84 Å². The van der Waals surface area contributed by atoms with E-state index in [1.54, 1.807) is 0 Å². The van der Waals surface area contributed by atoms with Crippen LogP contribution in [0.5, 0.6) is 0 Å². The third-order valence-electron chi connectivity index (χ3n) is 4.33. The molecule has 2 aliphatic rings. The summed E-state index contributed by atoms with van der Waals surface area (Å²) in [7, 11) is 0. The summed E-state index contributed by atoms with van der Waals surface area (Å²) in [5, 5.41) is 10.2. The van der Waals surface area contributed by atoms with Gasteiger partial charge in [-0.15, -0.1) is 0 Å². The van der Waals surface area contributed by atoms with Gasteiger partial charge in [-0.1, -0.05) is 19.8 Å². The van der Waals surface area contributed by atoms with Crippen molar-refractivity contribution in [1.82, 2.24) is 4.90 Å². The van der Waals surface area contributed by atoms with Crippen LogP contribution in [0.2, 0.25) is 0 Å². The molecule has 4 atom stereocenters. The van der Waals surface area contributed by atoms with Crippen molar-refractivity contribution in [2.24, 2.45) is 5.92 Å². The van der Waals surface area contributed by atoms with Gasteiger partial charge in [0.1, 0.15) is 0 Å². The van der Waals surface area contributed by atoms with E-state index in [0.717, 1.165) is 32.0 Å². The molecule has 1 heterocycles. The van der Waals surface area contributed by atoms with Gasteiger partial charge in [0.05, 0.1) is 18.8 Å². The van der Waals surface area contributed by atoms with Gasteiger partial charge in [0.2, 0.25) is 0 Å². The molecule has 0 aromatic carbocycles. The van der Waals surface area contributed by atoms with E-state index in [2.05, 4.69) is 18.7 Å². The lowest BCUT2D eigenvalue weighted by atomic mass is 9.80. The van der Waals surface area contributed by atoms with Crippen LogP contribution in [-0.2, 0) is 4.74 Å². The molecule has 17 heavy (non-hydrogen) atoms. The molecule has 1 saturated carbocycles. The molecule has 1 aliphatic heterocycles. The fraction of sp³-hybridized carbons (Fsp3) is 1.00. The fourth-order valence-corrected chi connectivity index (χ4v) is 3.42. The van der Waals surface area contributed by atoms with E-state index in [9.17, 15) is 5.11 Å². The van der Waals surface area contributed by atoms with Crippen molar-refractivity contribution in [2.45, 2.75) is 64.2 Å². The number of hydrogen-bond donors (Lipinski definition) is 1. The summed E-state index contributed by atoms with van der Waals surface area (Å²) in [6.45, 7) is 7.19. The Kier molecular flexibility index (Phi) is 4.83. The molecule has 3 heteroatoms. The molecule has 100 valence electrons. The Bertz CT molecular complexity index is 234. The number of ether oxygens (including phenoxy) is 1. The Morgan fingerprint density at radius 1 is 1.35 bits per heavy atom. The molecule has 0 radical (unpaired) electrons. The molecule has 3 nitrogen and oxygen atoms in total. The van der Waals surface area contributed by atoms with Crippen molar-refractivity contribution in [3.63, 3.8) is 0 Å². The van der Waals surface area contributed by atoms with E-state index in [0.29, 0.717) is 12.1 Å². The predicted molar refractivity (Wildman–Crippen MR) is 69.0 cm³/mol. The summed E-state index contributed by atoms with van der Waals surface area (Å²) >= 11 is 0. The Balaban J connectivity index is 1.92. The molecule has 1 N–H and O–H groups in total. The van der Waals surface area contributed by atoms with Crippen molar-refractivity contribution >= 4 is 0 Å². The molecule has 0 aromatic heterocycles. The first-order chi connectivity index (χ1) is 8.20. The van der Waals surface area contributed by atoms with Crippen LogP contribution >= 0.6 is 0 Å². The van der Waals surface area contributed by atoms with E-state index in [1.807, 2.05) is 0 Å². The second-order valence-electron chi connectivity index (χ2n) is 5.78. The number of aliphatic hydroxyl groups excluding tert-OH is 1. The van der Waals surface area contributed by atoms with Gasteiger partial charge in [0.15, 0.2) is 0 Å². The van der Waals surface area contributed by atoms with E-state index in [1.165, 1.54) is 25.7 Å². The number of nitrogens with zero attached hydrogens (tertiary/aromatic N) is 1. The first-order valence-corrected chi connectivity index (χ1v) is 7.24. The third-order valence-corrected chi connectivity index (χ3v) is 4.33. The Morgan fingerprint density at radius 3 is 2.88 bits per heavy atom. The minimum Gasteiger partial charge on any atom is -0.391 e. The molecule has 0 spiro atoms. The topological polar surface area (TPSA) is 32.7 Å². The molecule has 0 bridgehead atoms. The van der Waals surface area contributed by atoms with Crippen molar-refractivity contribution in [3.8, 4) is 0 Å². The van der Waals surface area contributed by atoms with Crippen molar-refractivity contribution < 1.29 is 9.84 Å². The van der Waals surface area contributed by atoms with Crippen LogP contribution < -0.4 is 0 Å². The lowest BCUT2D eigenvalue weighted by Gasteiger charge is -2.43. The summed E-state index contributed by atoms with van der Waals surface area (Å²) in [6.07, 6.45) is 6.18. The van der Waals surface area contributed by atoms with Crippen LogP contribution in [0.3, 0.4) is 0 Å². The van der Waals surface area contributed by atoms with Gasteiger partial charge in [-0.25, -0.2) is 0 Å². The monoisotopic (exact) mass is 241 g/mol. The molecule has 0 amide bonds. The zero-order valence-corrected chi connectivity index (χ0v) is 11.3. The highest BCUT2D eigenvalue weighted by molar-refractivity contribution is 4.88. The second-order valence-corrected chi connectivity index (χ2v) is 5.78. The zero-order valence-electron chi connectivity index (χ0n) is 11.3. The van der Waals surface area contributed by atoms with E-state index < -0.39 is 0 Å². The summed E-state index contributed by atoms with van der Waals surface area (Å²) in [5.41, 5.74) is 0. The Labute approximate surface area is 105 Å². The largest absolute Gasteiger partial charge is 0.391 e. The molecule has 2 rings (SSSR count). The maximum atomic E-state index is 10.2. The summed E-state index contributed by atoms with van der Waals surface area (Å²) in [5.74, 6) is 0.826. The van der Waals surface area contributed by atoms with E-state index in [4.69, 9.17) is 4.74 Å². The quantitative estimate of drug-likeness (QED) is 0.820. The highest BCUT2D eigenvalue weighted by Gasteiger charge is 2.34. The SMILES string of the molecule is CCCC1CCC(O)C(N2CCOC(C)C2)C1. The third kappa shape index (κ3) is 3.43. The molecule has 2 fully saturated rings. The van der Waals surface area contributed by atoms with Crippen LogP contribution in [0, 0.1) is 5.92 Å². The van der Waals surface area contributed by atoms with Crippen molar-refractivity contribution in [1.29, 1.82) is 0 Å². The van der Waals surface area contributed by atoms with Crippen LogP contribution in [0.1, 0.15) is 46.0 Å². The van der Waals surface area contributed by atoms with Crippen molar-refractivity contribution in [3.05, 3.63) is 0 Å². The average molecular weight is 241 g/mol. The smallest absolute Gasteiger partial charge is 0.0695 e. The minimum atomic E-state index is -0.117. The van der Waals surface area contributed by atoms with Crippen LogP contribution in [0.4, 0.5) is 0 Å². The molecule has 4 unspecified atom stereocenters. The fourth-order valence-electron chi connectivity index (χ4n) is 3.42. The molecule has 1 saturated heterocycles. The maximum absolute atomic E-state index is 10.2. The normalized spacial score (nSPS) is 40.4. The highest BCUT2D eigenvalue weighted by Crippen LogP contribution is 2.31. The van der Waals surface area contributed by atoms with Gasteiger partial charge in [-0.05, 0) is 32.1 Å². The first-order valence-electron chi connectivity index (χ1n) is 7.24. The standard InChI is InChI=1S/C14H27NO2/c1-3-4-12-5-6-14(16)13(9-12)15-7-8-17-11(2)10-15/h11-14,16H,3-10H2,1-2H3. The first kappa shape index (κ1) is 13.3. The Morgan fingerprint density at radius 2 is 2.18 bits per heavy atom. The zero-order chi connectivity index (χ0) is 12.3. The summed E-state index contributed by atoms with van der Waals surface area (Å²) in [6, 6.07) is 0.381. The van der Waals surface area contributed by atoms with Crippen LogP contribution in [0.15, 0.2) is 0 Å². The summed E-state index contributed by atoms with van der Waals surface area (Å²) in [4.78, 5) is 2.46. The summed E-state index contributed by atoms with van der Waals surface area (Å²) < 4.78 is 5.59. The van der Waals surface area contributed by atoms with Crippen LogP contribution in [0.25, 0.3) is 0 Å². The number of hydrogen-bond acceptors (Lipinski definition) is 3. The molecule has 1 aliphatic carbocycles. The second kappa shape index (κ2) is 6.17. The maximum Gasteiger partial charge on any atom is 0.0695 e. The lowest BCUT2D eigenvalue weighted by Crippen LogP contribution is -2.53. The van der Waals surface area contributed by atoms with E-state index >= 15 is 0 Å². The van der Waals surface area contributed by atoms with Gasteiger partial charge in [0, 0.05) is 19.1 Å². The van der Waals surface area contributed by atoms with Gasteiger partial charge in [-0.2, -0.15) is 0 Å². The van der Waals surface area contributed by atoms with Crippen molar-refractivity contribution in [2.75, 3.05) is 19.7 Å². The van der Waals surface area contributed by atoms with E-state index in [-0.39, 0.29) is 6.10 Å². The number of morpholine rings is 1.